The molecule has 1 atom stereocenters. The SMILES string of the molecule is CCCNC(C)c1ccn(Cc2ccc(Cl)cc2Cl)c1. The molecule has 20 heavy (non-hydrogen) atoms. The Balaban J connectivity index is 2.05. The van der Waals surface area contributed by atoms with E-state index in [4.69, 9.17) is 23.2 Å². The molecule has 0 aliphatic carbocycles. The molecule has 2 nitrogen and oxygen atoms in total. The van der Waals surface area contributed by atoms with E-state index >= 15 is 0 Å². The minimum atomic E-state index is 0.372. The lowest BCUT2D eigenvalue weighted by Gasteiger charge is -2.11. The maximum absolute atomic E-state index is 6.21. The van der Waals surface area contributed by atoms with Crippen molar-refractivity contribution in [1.82, 2.24) is 9.88 Å². The maximum Gasteiger partial charge on any atom is 0.0485 e. The molecule has 1 aromatic carbocycles. The Morgan fingerprint density at radius 1 is 1.25 bits per heavy atom. The summed E-state index contributed by atoms with van der Waals surface area (Å²) in [6.07, 6.45) is 5.40. The van der Waals surface area contributed by atoms with E-state index < -0.39 is 0 Å². The summed E-state index contributed by atoms with van der Waals surface area (Å²) >= 11 is 12.1. The number of nitrogens with one attached hydrogen (secondary N) is 1. The lowest BCUT2D eigenvalue weighted by Crippen LogP contribution is -2.18. The Morgan fingerprint density at radius 3 is 2.75 bits per heavy atom. The van der Waals surface area contributed by atoms with Crippen LogP contribution in [0.5, 0.6) is 0 Å². The van der Waals surface area contributed by atoms with Gasteiger partial charge in [-0.1, -0.05) is 36.2 Å². The molecule has 0 saturated carbocycles. The molecule has 0 spiro atoms. The van der Waals surface area contributed by atoms with Crippen LogP contribution in [0.3, 0.4) is 0 Å². The zero-order valence-electron chi connectivity index (χ0n) is 11.9. The van der Waals surface area contributed by atoms with Crippen molar-refractivity contribution in [3.63, 3.8) is 0 Å². The standard InChI is InChI=1S/C16H20Cl2N2/c1-3-7-19-12(2)13-6-8-20(10-13)11-14-4-5-15(17)9-16(14)18/h4-6,8-10,12,19H,3,7,11H2,1-2H3. The molecule has 0 aliphatic rings. The van der Waals surface area contributed by atoms with Crippen LogP contribution < -0.4 is 5.32 Å². The summed E-state index contributed by atoms with van der Waals surface area (Å²) in [5.74, 6) is 0. The van der Waals surface area contributed by atoms with E-state index in [2.05, 4.69) is 42.2 Å². The third kappa shape index (κ3) is 4.02. The normalized spacial score (nSPS) is 12.6. The summed E-state index contributed by atoms with van der Waals surface area (Å²) in [6, 6.07) is 8.16. The lowest BCUT2D eigenvalue weighted by molar-refractivity contribution is 0.569. The van der Waals surface area contributed by atoms with Crippen LogP contribution in [0.2, 0.25) is 10.0 Å². The summed E-state index contributed by atoms with van der Waals surface area (Å²) < 4.78 is 2.15. The van der Waals surface area contributed by atoms with E-state index in [1.54, 1.807) is 6.07 Å². The highest BCUT2D eigenvalue weighted by molar-refractivity contribution is 6.35. The number of aromatic nitrogens is 1. The summed E-state index contributed by atoms with van der Waals surface area (Å²) in [6.45, 7) is 6.16. The first-order valence-electron chi connectivity index (χ1n) is 6.93. The summed E-state index contributed by atoms with van der Waals surface area (Å²) in [4.78, 5) is 0. The fourth-order valence-electron chi connectivity index (χ4n) is 2.14. The Bertz CT molecular complexity index is 563. The van der Waals surface area contributed by atoms with E-state index in [0.717, 1.165) is 25.1 Å². The highest BCUT2D eigenvalue weighted by Gasteiger charge is 2.07. The van der Waals surface area contributed by atoms with Crippen LogP contribution in [-0.4, -0.2) is 11.1 Å². The Kier molecular flexibility index (Phi) is 5.53. The van der Waals surface area contributed by atoms with Crippen LogP contribution in [0.25, 0.3) is 0 Å². The predicted octanol–water partition coefficient (Wildman–Crippen LogP) is 4.90. The largest absolute Gasteiger partial charge is 0.350 e. The van der Waals surface area contributed by atoms with Crippen LogP contribution in [0.1, 0.15) is 37.4 Å². The minimum absolute atomic E-state index is 0.372. The molecule has 0 amide bonds. The summed E-state index contributed by atoms with van der Waals surface area (Å²) in [5.41, 5.74) is 2.37. The zero-order chi connectivity index (χ0) is 14.5. The molecule has 0 saturated heterocycles. The highest BCUT2D eigenvalue weighted by atomic mass is 35.5. The van der Waals surface area contributed by atoms with Gasteiger partial charge in [0.05, 0.1) is 0 Å². The van der Waals surface area contributed by atoms with Crippen molar-refractivity contribution < 1.29 is 0 Å². The second-order valence-electron chi connectivity index (χ2n) is 5.03. The van der Waals surface area contributed by atoms with Crippen molar-refractivity contribution in [2.75, 3.05) is 6.54 Å². The number of hydrogen-bond donors (Lipinski definition) is 1. The van der Waals surface area contributed by atoms with Gasteiger partial charge in [0.2, 0.25) is 0 Å². The first kappa shape index (κ1) is 15.4. The van der Waals surface area contributed by atoms with Crippen molar-refractivity contribution in [3.8, 4) is 0 Å². The van der Waals surface area contributed by atoms with Gasteiger partial charge in [-0.05, 0) is 49.2 Å². The Labute approximate surface area is 130 Å². The fraction of sp³-hybridized carbons (Fsp3) is 0.375. The third-order valence-corrected chi connectivity index (χ3v) is 3.93. The monoisotopic (exact) mass is 310 g/mol. The molecule has 0 bridgehead atoms. The van der Waals surface area contributed by atoms with Gasteiger partial charge in [-0.3, -0.25) is 0 Å². The summed E-state index contributed by atoms with van der Waals surface area (Å²) in [5, 5.41) is 4.87. The maximum atomic E-state index is 6.21. The van der Waals surface area contributed by atoms with Gasteiger partial charge in [0.15, 0.2) is 0 Å². The van der Waals surface area contributed by atoms with Gasteiger partial charge in [0, 0.05) is 35.0 Å². The van der Waals surface area contributed by atoms with Gasteiger partial charge in [0.1, 0.15) is 0 Å². The molecule has 1 heterocycles. The van der Waals surface area contributed by atoms with Crippen molar-refractivity contribution in [2.24, 2.45) is 0 Å². The van der Waals surface area contributed by atoms with E-state index in [0.29, 0.717) is 16.1 Å². The van der Waals surface area contributed by atoms with Crippen LogP contribution in [0.15, 0.2) is 36.7 Å². The van der Waals surface area contributed by atoms with E-state index in [1.165, 1.54) is 5.56 Å². The predicted molar refractivity (Wildman–Crippen MR) is 86.7 cm³/mol. The molecule has 108 valence electrons. The minimum Gasteiger partial charge on any atom is -0.350 e. The third-order valence-electron chi connectivity index (χ3n) is 3.34. The molecule has 0 radical (unpaired) electrons. The van der Waals surface area contributed by atoms with Crippen LogP contribution in [0, 0.1) is 0 Å². The van der Waals surface area contributed by atoms with Gasteiger partial charge in [-0.25, -0.2) is 0 Å². The summed E-state index contributed by atoms with van der Waals surface area (Å²) in [7, 11) is 0. The topological polar surface area (TPSA) is 17.0 Å². The smallest absolute Gasteiger partial charge is 0.0485 e. The number of nitrogens with zero attached hydrogens (tertiary/aromatic N) is 1. The van der Waals surface area contributed by atoms with Crippen LogP contribution in [0.4, 0.5) is 0 Å². The van der Waals surface area contributed by atoms with Crippen molar-refractivity contribution in [3.05, 3.63) is 57.8 Å². The van der Waals surface area contributed by atoms with Gasteiger partial charge in [-0.15, -0.1) is 0 Å². The molecule has 1 aromatic heterocycles. The Hall–Kier alpha value is -0.960. The molecule has 2 aromatic rings. The highest BCUT2D eigenvalue weighted by Crippen LogP contribution is 2.22. The first-order chi connectivity index (χ1) is 9.60. The molecule has 1 N–H and O–H groups in total. The molecule has 2 rings (SSSR count). The number of rotatable bonds is 6. The second kappa shape index (κ2) is 7.16. The quantitative estimate of drug-likeness (QED) is 0.802. The van der Waals surface area contributed by atoms with Gasteiger partial charge < -0.3 is 9.88 Å². The van der Waals surface area contributed by atoms with E-state index in [9.17, 15) is 0 Å². The number of hydrogen-bond acceptors (Lipinski definition) is 1. The van der Waals surface area contributed by atoms with Crippen molar-refractivity contribution in [1.29, 1.82) is 0 Å². The molecular formula is C16H20Cl2N2. The number of benzene rings is 1. The first-order valence-corrected chi connectivity index (χ1v) is 7.68. The molecule has 4 heteroatoms. The molecular weight excluding hydrogens is 291 g/mol. The van der Waals surface area contributed by atoms with Crippen molar-refractivity contribution in [2.45, 2.75) is 32.9 Å². The van der Waals surface area contributed by atoms with Crippen LogP contribution in [-0.2, 0) is 6.54 Å². The van der Waals surface area contributed by atoms with Gasteiger partial charge >= 0.3 is 0 Å². The number of halogens is 2. The average molecular weight is 311 g/mol. The fourth-order valence-corrected chi connectivity index (χ4v) is 2.61. The average Bonchev–Trinajstić information content (AvgIpc) is 2.88. The lowest BCUT2D eigenvalue weighted by atomic mass is 10.2. The van der Waals surface area contributed by atoms with Crippen LogP contribution >= 0.6 is 23.2 Å². The van der Waals surface area contributed by atoms with Gasteiger partial charge in [-0.2, -0.15) is 0 Å². The zero-order valence-corrected chi connectivity index (χ0v) is 13.4. The second-order valence-corrected chi connectivity index (χ2v) is 5.87. The van der Waals surface area contributed by atoms with E-state index in [-0.39, 0.29) is 0 Å². The van der Waals surface area contributed by atoms with E-state index in [1.807, 2.05) is 12.1 Å². The molecule has 1 unspecified atom stereocenters. The molecule has 0 aliphatic heterocycles. The molecule has 0 fully saturated rings. The van der Waals surface area contributed by atoms with Gasteiger partial charge in [0.25, 0.3) is 0 Å². The Morgan fingerprint density at radius 2 is 2.05 bits per heavy atom. The van der Waals surface area contributed by atoms with Crippen molar-refractivity contribution >= 4 is 23.2 Å².